The van der Waals surface area contributed by atoms with Gasteiger partial charge in [-0.1, -0.05) is 0 Å². The van der Waals surface area contributed by atoms with E-state index in [4.69, 9.17) is 14.2 Å². The van der Waals surface area contributed by atoms with Gasteiger partial charge in [0.2, 0.25) is 0 Å². The molecule has 1 heterocycles. The normalized spacial score (nSPS) is 15.8. The first kappa shape index (κ1) is 18.2. The molecule has 0 atom stereocenters. The minimum Gasteiger partial charge on any atom is -0.494 e. The lowest BCUT2D eigenvalue weighted by atomic mass is 10.1. The summed E-state index contributed by atoms with van der Waals surface area (Å²) in [5.74, 6) is -4.79. The van der Waals surface area contributed by atoms with Gasteiger partial charge in [0, 0.05) is 26.1 Å². The van der Waals surface area contributed by atoms with Crippen molar-refractivity contribution >= 4 is 23.6 Å². The lowest BCUT2D eigenvalue weighted by Crippen LogP contribution is -2.42. The van der Waals surface area contributed by atoms with Crippen LogP contribution in [0.3, 0.4) is 0 Å². The van der Waals surface area contributed by atoms with Crippen molar-refractivity contribution in [1.82, 2.24) is 0 Å². The third kappa shape index (κ3) is 3.87. The lowest BCUT2D eigenvalue weighted by Gasteiger charge is -2.29. The van der Waals surface area contributed by atoms with E-state index in [1.165, 1.54) is 21.0 Å². The molecule has 0 unspecified atom stereocenters. The van der Waals surface area contributed by atoms with E-state index in [1.807, 2.05) is 0 Å². The highest BCUT2D eigenvalue weighted by Gasteiger charge is 2.39. The molecule has 134 valence electrons. The number of hydrogen-bond acceptors (Lipinski definition) is 8. The number of benzene rings is 1. The maximum Gasteiger partial charge on any atom is 0.350 e. The summed E-state index contributed by atoms with van der Waals surface area (Å²) in [6.45, 7) is 2.82. The van der Waals surface area contributed by atoms with E-state index < -0.39 is 35.1 Å². The molecule has 8 nitrogen and oxygen atoms in total. The maximum atomic E-state index is 13.6. The van der Waals surface area contributed by atoms with Crippen LogP contribution in [0.2, 0.25) is 0 Å². The van der Waals surface area contributed by atoms with Crippen LogP contribution in [0.15, 0.2) is 23.9 Å². The summed E-state index contributed by atoms with van der Waals surface area (Å²) in [5.41, 5.74) is -0.607. The average molecular weight is 353 g/mol. The smallest absolute Gasteiger partial charge is 0.350 e. The Bertz CT molecular complexity index is 748. The number of esters is 3. The van der Waals surface area contributed by atoms with E-state index in [0.29, 0.717) is 0 Å². The molecular weight excluding hydrogens is 337 g/mol. The van der Waals surface area contributed by atoms with Crippen molar-refractivity contribution in [2.75, 3.05) is 19.5 Å². The number of carbonyl (C=O) groups is 3. The van der Waals surface area contributed by atoms with Gasteiger partial charge < -0.3 is 24.3 Å². The Hall–Kier alpha value is -3.10. The Morgan fingerprint density at radius 3 is 2.32 bits per heavy atom. The van der Waals surface area contributed by atoms with E-state index >= 15 is 0 Å². The number of anilines is 1. The van der Waals surface area contributed by atoms with Gasteiger partial charge in [0.25, 0.3) is 5.79 Å². The number of rotatable bonds is 4. The predicted octanol–water partition coefficient (Wildman–Crippen LogP) is 1.75. The average Bonchev–Trinajstić information content (AvgIpc) is 2.52. The molecule has 25 heavy (non-hydrogen) atoms. The predicted molar refractivity (Wildman–Crippen MR) is 82.3 cm³/mol. The van der Waals surface area contributed by atoms with Crippen molar-refractivity contribution in [2.24, 2.45) is 0 Å². The molecule has 1 N–H and O–H groups in total. The Kier molecular flexibility index (Phi) is 4.96. The zero-order chi connectivity index (χ0) is 18.8. The van der Waals surface area contributed by atoms with E-state index in [9.17, 15) is 18.8 Å². The van der Waals surface area contributed by atoms with Gasteiger partial charge in [0.15, 0.2) is 5.57 Å². The molecule has 2 rings (SSSR count). The molecule has 9 heteroatoms. The third-order valence-electron chi connectivity index (χ3n) is 3.17. The highest BCUT2D eigenvalue weighted by Crippen LogP contribution is 2.31. The van der Waals surface area contributed by atoms with Gasteiger partial charge in [-0.05, 0) is 6.07 Å². The van der Waals surface area contributed by atoms with Crippen LogP contribution in [0.5, 0.6) is 5.75 Å². The largest absolute Gasteiger partial charge is 0.494 e. The summed E-state index contributed by atoms with van der Waals surface area (Å²) < 4.78 is 33.1. The van der Waals surface area contributed by atoms with Crippen molar-refractivity contribution in [1.29, 1.82) is 0 Å². The maximum absolute atomic E-state index is 13.6. The number of halogens is 1. The fourth-order valence-corrected chi connectivity index (χ4v) is 2.09. The number of methoxy groups -OCH3 is 2. The molecule has 0 bridgehead atoms. The van der Waals surface area contributed by atoms with Crippen LogP contribution in [0.1, 0.15) is 24.2 Å². The van der Waals surface area contributed by atoms with Crippen LogP contribution in [0, 0.1) is 5.82 Å². The minimum absolute atomic E-state index is 0.00804. The van der Waals surface area contributed by atoms with E-state index in [0.717, 1.165) is 25.4 Å². The third-order valence-corrected chi connectivity index (χ3v) is 3.17. The number of carbonyl (C=O) groups excluding carboxylic acids is 3. The molecule has 1 aliphatic heterocycles. The SMILES string of the molecule is COC(=O)c1cc(F)cc(OC)c1NC=C1C(=O)OC(C)(C)OC1=O. The Morgan fingerprint density at radius 1 is 1.20 bits per heavy atom. The molecular formula is C16H16FNO7. The molecule has 0 radical (unpaired) electrons. The molecule has 0 spiro atoms. The first-order valence-corrected chi connectivity index (χ1v) is 7.07. The molecule has 0 amide bonds. The molecule has 0 aromatic heterocycles. The Morgan fingerprint density at radius 2 is 1.80 bits per heavy atom. The molecule has 1 aromatic carbocycles. The first-order valence-electron chi connectivity index (χ1n) is 7.07. The van der Waals surface area contributed by atoms with Crippen molar-refractivity contribution < 1.29 is 37.7 Å². The zero-order valence-electron chi connectivity index (χ0n) is 14.0. The second-order valence-electron chi connectivity index (χ2n) is 5.40. The van der Waals surface area contributed by atoms with Crippen LogP contribution >= 0.6 is 0 Å². The van der Waals surface area contributed by atoms with Gasteiger partial charge in [0.1, 0.15) is 11.6 Å². The second kappa shape index (κ2) is 6.80. The van der Waals surface area contributed by atoms with Crippen molar-refractivity contribution in [3.05, 3.63) is 35.3 Å². The Balaban J connectivity index is 2.41. The van der Waals surface area contributed by atoms with Crippen LogP contribution in [-0.2, 0) is 23.8 Å². The standard InChI is InChI=1S/C16H16FNO7/c1-16(2)24-14(20)10(15(21)25-16)7-18-12-9(13(19)23-4)5-8(17)6-11(12)22-3/h5-7,18H,1-4H3. The quantitative estimate of drug-likeness (QED) is 0.496. The Labute approximate surface area is 142 Å². The molecule has 1 fully saturated rings. The van der Waals surface area contributed by atoms with Gasteiger partial charge in [-0.2, -0.15) is 0 Å². The van der Waals surface area contributed by atoms with Crippen LogP contribution in [-0.4, -0.2) is 37.9 Å². The summed E-state index contributed by atoms with van der Waals surface area (Å²) in [5, 5.41) is 2.58. The number of ether oxygens (including phenoxy) is 4. The summed E-state index contributed by atoms with van der Waals surface area (Å²) >= 11 is 0. The molecule has 0 aliphatic carbocycles. The first-order chi connectivity index (χ1) is 11.7. The summed E-state index contributed by atoms with van der Waals surface area (Å²) in [7, 11) is 2.39. The highest BCUT2D eigenvalue weighted by molar-refractivity contribution is 6.15. The van der Waals surface area contributed by atoms with Crippen molar-refractivity contribution in [3.8, 4) is 5.75 Å². The van der Waals surface area contributed by atoms with Crippen molar-refractivity contribution in [2.45, 2.75) is 19.6 Å². The van der Waals surface area contributed by atoms with Crippen LogP contribution in [0.4, 0.5) is 10.1 Å². The molecule has 0 saturated carbocycles. The number of hydrogen-bond donors (Lipinski definition) is 1. The van der Waals surface area contributed by atoms with Crippen LogP contribution in [0.25, 0.3) is 0 Å². The summed E-state index contributed by atoms with van der Waals surface area (Å²) in [4.78, 5) is 35.7. The lowest BCUT2D eigenvalue weighted by molar-refractivity contribution is -0.222. The van der Waals surface area contributed by atoms with E-state index in [1.54, 1.807) is 0 Å². The highest BCUT2D eigenvalue weighted by atomic mass is 19.1. The number of cyclic esters (lactones) is 2. The van der Waals surface area contributed by atoms with E-state index in [2.05, 4.69) is 10.1 Å². The molecule has 1 saturated heterocycles. The van der Waals surface area contributed by atoms with Gasteiger partial charge >= 0.3 is 17.9 Å². The van der Waals surface area contributed by atoms with Gasteiger partial charge in [-0.25, -0.2) is 18.8 Å². The molecule has 1 aromatic rings. The monoisotopic (exact) mass is 353 g/mol. The second-order valence-corrected chi connectivity index (χ2v) is 5.40. The summed E-state index contributed by atoms with van der Waals surface area (Å²) in [6.07, 6.45) is 0.988. The van der Waals surface area contributed by atoms with Gasteiger partial charge in [-0.15, -0.1) is 0 Å². The minimum atomic E-state index is -1.38. The van der Waals surface area contributed by atoms with Gasteiger partial charge in [0.05, 0.1) is 25.5 Å². The number of nitrogens with one attached hydrogen (secondary N) is 1. The topological polar surface area (TPSA) is 100 Å². The fraction of sp³-hybridized carbons (Fsp3) is 0.312. The zero-order valence-corrected chi connectivity index (χ0v) is 14.0. The van der Waals surface area contributed by atoms with Crippen molar-refractivity contribution in [3.63, 3.8) is 0 Å². The summed E-state index contributed by atoms with van der Waals surface area (Å²) in [6, 6.07) is 1.95. The fourth-order valence-electron chi connectivity index (χ4n) is 2.09. The van der Waals surface area contributed by atoms with Gasteiger partial charge in [-0.3, -0.25) is 0 Å². The van der Waals surface area contributed by atoms with E-state index in [-0.39, 0.29) is 17.0 Å². The molecule has 1 aliphatic rings. The van der Waals surface area contributed by atoms with Crippen LogP contribution < -0.4 is 10.1 Å².